The maximum absolute atomic E-state index is 12.3. The lowest BCUT2D eigenvalue weighted by molar-refractivity contribution is -0.148. The van der Waals surface area contributed by atoms with Crippen LogP contribution in [0, 0.1) is 6.92 Å². The number of aryl methyl sites for hydroxylation is 1. The zero-order chi connectivity index (χ0) is 18.7. The predicted molar refractivity (Wildman–Crippen MR) is 89.7 cm³/mol. The summed E-state index contributed by atoms with van der Waals surface area (Å²) in [5.41, 5.74) is -1.05. The molecule has 0 bridgehead atoms. The Morgan fingerprint density at radius 2 is 2.00 bits per heavy atom. The van der Waals surface area contributed by atoms with Crippen LogP contribution in [0.3, 0.4) is 0 Å². The molecule has 0 radical (unpaired) electrons. The lowest BCUT2D eigenvalue weighted by Crippen LogP contribution is -2.33. The highest BCUT2D eigenvalue weighted by Crippen LogP contribution is 2.06. The van der Waals surface area contributed by atoms with Crippen molar-refractivity contribution in [2.24, 2.45) is 0 Å². The van der Waals surface area contributed by atoms with Gasteiger partial charge in [0.1, 0.15) is 12.3 Å². The van der Waals surface area contributed by atoms with E-state index in [1.807, 2.05) is 0 Å². The van der Waals surface area contributed by atoms with E-state index in [1.165, 1.54) is 18.2 Å². The highest BCUT2D eigenvalue weighted by molar-refractivity contribution is 5.91. The highest BCUT2D eigenvalue weighted by atomic mass is 16.5. The van der Waals surface area contributed by atoms with E-state index < -0.39 is 36.1 Å². The number of ether oxygens (including phenoxy) is 1. The molecule has 0 unspecified atom stereocenters. The van der Waals surface area contributed by atoms with E-state index >= 15 is 0 Å². The Bertz CT molecular complexity index is 1090. The molecule has 134 valence electrons. The second-order valence-corrected chi connectivity index (χ2v) is 5.41. The molecule has 0 saturated carbocycles. The number of nitrogens with one attached hydrogen (secondary N) is 2. The summed E-state index contributed by atoms with van der Waals surface area (Å²) in [6.45, 7) is 0.553. The number of esters is 1. The Labute approximate surface area is 145 Å². The molecule has 26 heavy (non-hydrogen) atoms. The van der Waals surface area contributed by atoms with Gasteiger partial charge in [-0.15, -0.1) is 0 Å². The Balaban J connectivity index is 1.64. The van der Waals surface area contributed by atoms with Crippen molar-refractivity contribution in [2.45, 2.75) is 13.5 Å². The van der Waals surface area contributed by atoms with Crippen LogP contribution in [0.25, 0.3) is 10.8 Å². The second-order valence-electron chi connectivity index (χ2n) is 5.41. The zero-order valence-electron chi connectivity index (χ0n) is 13.6. The number of rotatable bonds is 5. The average Bonchev–Trinajstić information content (AvgIpc) is 3.02. The van der Waals surface area contributed by atoms with E-state index in [0.29, 0.717) is 5.76 Å². The molecule has 0 aliphatic rings. The van der Waals surface area contributed by atoms with Gasteiger partial charge in [-0.2, -0.15) is 0 Å². The minimum atomic E-state index is -0.857. The fraction of sp³-hybridized carbons (Fsp3) is 0.188. The number of nitrogens with zero attached hydrogens (tertiary/aromatic N) is 2. The zero-order valence-corrected chi connectivity index (χ0v) is 13.6. The van der Waals surface area contributed by atoms with Crippen molar-refractivity contribution >= 4 is 28.5 Å². The third-order valence-corrected chi connectivity index (χ3v) is 3.43. The molecule has 0 aliphatic heterocycles. The molecule has 0 fully saturated rings. The number of hydrogen-bond acceptors (Lipinski definition) is 7. The molecule has 1 amide bonds. The SMILES string of the molecule is Cc1cc(NC(=O)COC(=O)Cn2[nH]c(=O)c3ccccc3c2=O)no1. The summed E-state index contributed by atoms with van der Waals surface area (Å²) in [6.07, 6.45) is 0. The lowest BCUT2D eigenvalue weighted by Gasteiger charge is -2.07. The summed E-state index contributed by atoms with van der Waals surface area (Å²) in [4.78, 5) is 47.8. The molecule has 2 N–H and O–H groups in total. The molecule has 2 aromatic heterocycles. The number of anilines is 1. The number of aromatic nitrogens is 3. The lowest BCUT2D eigenvalue weighted by atomic mass is 10.2. The third kappa shape index (κ3) is 3.69. The molecule has 2 heterocycles. The van der Waals surface area contributed by atoms with Gasteiger partial charge in [0.15, 0.2) is 12.4 Å². The molecule has 3 rings (SSSR count). The standard InChI is InChI=1S/C16H14N4O6/c1-9-6-12(19-26-9)17-13(21)8-25-14(22)7-20-16(24)11-5-3-2-4-10(11)15(23)18-20/h2-6H,7-8H2,1H3,(H,18,23)(H,17,19,21). The van der Waals surface area contributed by atoms with E-state index in [9.17, 15) is 19.2 Å². The van der Waals surface area contributed by atoms with Gasteiger partial charge in [0.05, 0.1) is 10.8 Å². The van der Waals surface area contributed by atoms with Gasteiger partial charge in [-0.25, -0.2) is 4.68 Å². The first kappa shape index (κ1) is 17.1. The topological polar surface area (TPSA) is 136 Å². The minimum Gasteiger partial charge on any atom is -0.454 e. The predicted octanol–water partition coefficient (Wildman–Crippen LogP) is 0.168. The van der Waals surface area contributed by atoms with E-state index in [1.54, 1.807) is 19.1 Å². The Kier molecular flexibility index (Phi) is 4.65. The van der Waals surface area contributed by atoms with Gasteiger partial charge in [-0.1, -0.05) is 17.3 Å². The van der Waals surface area contributed by atoms with Crippen LogP contribution < -0.4 is 16.4 Å². The van der Waals surface area contributed by atoms with E-state index in [0.717, 1.165) is 4.68 Å². The average molecular weight is 358 g/mol. The van der Waals surface area contributed by atoms with Gasteiger partial charge >= 0.3 is 5.97 Å². The molecular formula is C16H14N4O6. The minimum absolute atomic E-state index is 0.184. The monoisotopic (exact) mass is 358 g/mol. The number of amides is 1. The van der Waals surface area contributed by atoms with E-state index in [4.69, 9.17) is 9.26 Å². The van der Waals surface area contributed by atoms with Crippen molar-refractivity contribution in [1.29, 1.82) is 0 Å². The molecule has 10 heteroatoms. The molecule has 0 atom stereocenters. The Morgan fingerprint density at radius 3 is 2.69 bits per heavy atom. The number of hydrogen-bond donors (Lipinski definition) is 2. The maximum atomic E-state index is 12.3. The summed E-state index contributed by atoms with van der Waals surface area (Å²) in [5, 5.41) is 8.66. The highest BCUT2D eigenvalue weighted by Gasteiger charge is 2.13. The molecule has 0 aliphatic carbocycles. The van der Waals surface area contributed by atoms with Crippen LogP contribution in [-0.4, -0.2) is 33.4 Å². The number of carbonyl (C=O) groups excluding carboxylic acids is 2. The van der Waals surface area contributed by atoms with E-state index in [-0.39, 0.29) is 16.6 Å². The first-order chi connectivity index (χ1) is 12.4. The number of benzene rings is 1. The van der Waals surface area contributed by atoms with Gasteiger partial charge in [0, 0.05) is 6.07 Å². The number of carbonyl (C=O) groups is 2. The van der Waals surface area contributed by atoms with Crippen molar-refractivity contribution in [3.63, 3.8) is 0 Å². The summed E-state index contributed by atoms with van der Waals surface area (Å²) >= 11 is 0. The van der Waals surface area contributed by atoms with Crippen molar-refractivity contribution in [3.05, 3.63) is 56.8 Å². The Morgan fingerprint density at radius 1 is 1.27 bits per heavy atom. The van der Waals surface area contributed by atoms with Gasteiger partial charge in [-0.3, -0.25) is 24.3 Å². The van der Waals surface area contributed by atoms with Gasteiger partial charge in [0.25, 0.3) is 17.0 Å². The van der Waals surface area contributed by atoms with Crippen LogP contribution in [-0.2, 0) is 20.9 Å². The quantitative estimate of drug-likeness (QED) is 0.620. The molecule has 10 nitrogen and oxygen atoms in total. The summed E-state index contributed by atoms with van der Waals surface area (Å²) in [5.74, 6) is -0.772. The van der Waals surface area contributed by atoms with E-state index in [2.05, 4.69) is 15.6 Å². The van der Waals surface area contributed by atoms with Gasteiger partial charge < -0.3 is 14.6 Å². The fourth-order valence-corrected chi connectivity index (χ4v) is 2.28. The second kappa shape index (κ2) is 7.05. The molecular weight excluding hydrogens is 344 g/mol. The maximum Gasteiger partial charge on any atom is 0.328 e. The molecule has 0 spiro atoms. The number of fused-ring (bicyclic) bond motifs is 1. The fourth-order valence-electron chi connectivity index (χ4n) is 2.28. The number of aromatic amines is 1. The van der Waals surface area contributed by atoms with Crippen molar-refractivity contribution in [3.8, 4) is 0 Å². The normalized spacial score (nSPS) is 10.7. The van der Waals surface area contributed by atoms with Crippen LogP contribution in [0.15, 0.2) is 44.4 Å². The van der Waals surface area contributed by atoms with Crippen LogP contribution in [0.5, 0.6) is 0 Å². The molecule has 3 aromatic rings. The van der Waals surface area contributed by atoms with Gasteiger partial charge in [-0.05, 0) is 19.1 Å². The first-order valence-corrected chi connectivity index (χ1v) is 7.54. The van der Waals surface area contributed by atoms with Crippen molar-refractivity contribution in [2.75, 3.05) is 11.9 Å². The van der Waals surface area contributed by atoms with Crippen LogP contribution in [0.4, 0.5) is 5.82 Å². The van der Waals surface area contributed by atoms with Crippen LogP contribution in [0.2, 0.25) is 0 Å². The Hall–Kier alpha value is -3.69. The summed E-state index contributed by atoms with van der Waals surface area (Å²) in [6, 6.07) is 7.74. The first-order valence-electron chi connectivity index (χ1n) is 7.54. The van der Waals surface area contributed by atoms with Crippen LogP contribution >= 0.6 is 0 Å². The molecule has 1 aromatic carbocycles. The van der Waals surface area contributed by atoms with Crippen molar-refractivity contribution in [1.82, 2.24) is 14.9 Å². The largest absolute Gasteiger partial charge is 0.454 e. The summed E-state index contributed by atoms with van der Waals surface area (Å²) in [7, 11) is 0. The molecule has 0 saturated heterocycles. The smallest absolute Gasteiger partial charge is 0.328 e. The van der Waals surface area contributed by atoms with Gasteiger partial charge in [0.2, 0.25) is 0 Å². The number of H-pyrrole nitrogens is 1. The third-order valence-electron chi connectivity index (χ3n) is 3.43. The summed E-state index contributed by atoms with van der Waals surface area (Å²) < 4.78 is 10.4. The van der Waals surface area contributed by atoms with Crippen LogP contribution in [0.1, 0.15) is 5.76 Å². The van der Waals surface area contributed by atoms with Crippen molar-refractivity contribution < 1.29 is 18.8 Å².